The summed E-state index contributed by atoms with van der Waals surface area (Å²) in [5, 5.41) is 0.132. The normalized spacial score (nSPS) is 22.6. The minimum atomic E-state index is -1.88. The highest BCUT2D eigenvalue weighted by Gasteiger charge is 2.42. The van der Waals surface area contributed by atoms with Crippen LogP contribution < -0.4 is 0 Å². The van der Waals surface area contributed by atoms with Gasteiger partial charge in [-0.1, -0.05) is 41.5 Å². The molecule has 0 spiro atoms. The van der Waals surface area contributed by atoms with Crippen molar-refractivity contribution in [2.75, 3.05) is 6.61 Å². The first-order valence-electron chi connectivity index (χ1n) is 9.19. The molecule has 0 aromatic carbocycles. The van der Waals surface area contributed by atoms with Crippen LogP contribution in [0.3, 0.4) is 0 Å². The Kier molecular flexibility index (Phi) is 7.47. The molecule has 24 heavy (non-hydrogen) atoms. The molecule has 0 amide bonds. The molecule has 0 aromatic rings. The molecular weight excluding hydrogens is 336 g/mol. The van der Waals surface area contributed by atoms with Gasteiger partial charge < -0.3 is 13.6 Å². The first-order chi connectivity index (χ1) is 11.0. The van der Waals surface area contributed by atoms with Gasteiger partial charge in [0.25, 0.3) is 0 Å². The minimum absolute atomic E-state index is 0.0114. The summed E-state index contributed by atoms with van der Waals surface area (Å²) in [6.45, 7) is 18.0. The summed E-state index contributed by atoms with van der Waals surface area (Å²) < 4.78 is 18.5. The Bertz CT molecular complexity index is 442. The Labute approximate surface area is 150 Å². The van der Waals surface area contributed by atoms with Crippen molar-refractivity contribution < 1.29 is 18.4 Å². The SMILES string of the molecule is CC[Si](CC)(CC)O[C@H]1C(=O)C=CO[C@@H]1CO[Si](C)(C)C(C)(C)C. The Morgan fingerprint density at radius 1 is 1.12 bits per heavy atom. The van der Waals surface area contributed by atoms with Gasteiger partial charge in [0, 0.05) is 6.08 Å². The smallest absolute Gasteiger partial charge is 0.193 e. The molecule has 0 N–H and O–H groups in total. The maximum absolute atomic E-state index is 12.4. The minimum Gasteiger partial charge on any atom is -0.492 e. The summed E-state index contributed by atoms with van der Waals surface area (Å²) in [6.07, 6.45) is 2.13. The molecule has 1 aliphatic heterocycles. The highest BCUT2D eigenvalue weighted by molar-refractivity contribution is 6.74. The summed E-state index contributed by atoms with van der Waals surface area (Å²) in [5.74, 6) is 0.0114. The molecule has 1 aliphatic rings. The van der Waals surface area contributed by atoms with Crippen LogP contribution in [0.2, 0.25) is 36.3 Å². The summed E-state index contributed by atoms with van der Waals surface area (Å²) in [4.78, 5) is 12.4. The van der Waals surface area contributed by atoms with Gasteiger partial charge in [-0.25, -0.2) is 0 Å². The molecule has 0 aliphatic carbocycles. The van der Waals surface area contributed by atoms with Crippen LogP contribution in [-0.4, -0.2) is 41.2 Å². The van der Waals surface area contributed by atoms with Gasteiger partial charge in [-0.2, -0.15) is 0 Å². The molecule has 0 unspecified atom stereocenters. The van der Waals surface area contributed by atoms with Crippen molar-refractivity contribution in [1.82, 2.24) is 0 Å². The average Bonchev–Trinajstić information content (AvgIpc) is 2.51. The fourth-order valence-electron chi connectivity index (χ4n) is 2.59. The highest BCUT2D eigenvalue weighted by Crippen LogP contribution is 2.37. The van der Waals surface area contributed by atoms with Crippen molar-refractivity contribution in [3.63, 3.8) is 0 Å². The predicted octanol–water partition coefficient (Wildman–Crippen LogP) is 4.88. The van der Waals surface area contributed by atoms with E-state index in [2.05, 4.69) is 54.6 Å². The molecule has 140 valence electrons. The van der Waals surface area contributed by atoms with E-state index in [9.17, 15) is 4.79 Å². The summed E-state index contributed by atoms with van der Waals surface area (Å²) in [6, 6.07) is 3.05. The predicted molar refractivity (Wildman–Crippen MR) is 104 cm³/mol. The second-order valence-corrected chi connectivity index (χ2v) is 17.8. The number of ether oxygens (including phenoxy) is 1. The topological polar surface area (TPSA) is 44.8 Å². The van der Waals surface area contributed by atoms with E-state index in [4.69, 9.17) is 13.6 Å². The number of rotatable bonds is 8. The molecule has 2 atom stereocenters. The molecule has 0 saturated heterocycles. The van der Waals surface area contributed by atoms with Crippen LogP contribution in [0.1, 0.15) is 41.5 Å². The molecule has 1 heterocycles. The molecule has 0 bridgehead atoms. The third kappa shape index (κ3) is 5.03. The van der Waals surface area contributed by atoms with Gasteiger partial charge in [-0.05, 0) is 36.3 Å². The third-order valence-corrected chi connectivity index (χ3v) is 14.9. The fourth-order valence-corrected chi connectivity index (χ4v) is 6.41. The van der Waals surface area contributed by atoms with E-state index in [-0.39, 0.29) is 16.9 Å². The van der Waals surface area contributed by atoms with E-state index in [1.165, 1.54) is 12.3 Å². The van der Waals surface area contributed by atoms with Gasteiger partial charge in [0.15, 0.2) is 28.5 Å². The molecule has 0 aromatic heterocycles. The number of carbonyl (C=O) groups excluding carboxylic acids is 1. The van der Waals surface area contributed by atoms with E-state index in [0.29, 0.717) is 6.61 Å². The van der Waals surface area contributed by atoms with Crippen molar-refractivity contribution in [3.05, 3.63) is 12.3 Å². The first-order valence-corrected chi connectivity index (χ1v) is 14.6. The molecule has 0 saturated carbocycles. The number of ketones is 1. The van der Waals surface area contributed by atoms with Gasteiger partial charge in [0.05, 0.1) is 12.9 Å². The molecule has 1 rings (SSSR count). The van der Waals surface area contributed by atoms with E-state index >= 15 is 0 Å². The summed E-state index contributed by atoms with van der Waals surface area (Å²) in [7, 11) is -3.76. The largest absolute Gasteiger partial charge is 0.492 e. The van der Waals surface area contributed by atoms with Crippen LogP contribution in [-0.2, 0) is 18.4 Å². The second-order valence-electron chi connectivity index (χ2n) is 8.23. The third-order valence-electron chi connectivity index (χ3n) is 5.83. The zero-order chi connectivity index (χ0) is 18.6. The van der Waals surface area contributed by atoms with Crippen molar-refractivity contribution in [1.29, 1.82) is 0 Å². The molecule has 4 nitrogen and oxygen atoms in total. The molecule has 6 heteroatoms. The van der Waals surface area contributed by atoms with Crippen molar-refractivity contribution in [3.8, 4) is 0 Å². The summed E-state index contributed by atoms with van der Waals surface area (Å²) >= 11 is 0. The monoisotopic (exact) mass is 372 g/mol. The van der Waals surface area contributed by atoms with E-state index in [1.54, 1.807) is 0 Å². The maximum Gasteiger partial charge on any atom is 0.193 e. The van der Waals surface area contributed by atoms with E-state index < -0.39 is 22.7 Å². The molecule has 0 radical (unpaired) electrons. The lowest BCUT2D eigenvalue weighted by molar-refractivity contribution is -0.131. The standard InChI is InChI=1S/C18H36O4Si2/c1-9-24(10-2,11-3)22-17-15(19)12-13-20-16(17)14-21-23(7,8)18(4,5)6/h12-13,16-17H,9-11,14H2,1-8H3/t16-,17+/m1/s1. The molecular formula is C18H36O4Si2. The second kappa shape index (κ2) is 8.30. The first kappa shape index (κ1) is 21.6. The van der Waals surface area contributed by atoms with Crippen molar-refractivity contribution in [2.24, 2.45) is 0 Å². The van der Waals surface area contributed by atoms with Gasteiger partial charge >= 0.3 is 0 Å². The fraction of sp³-hybridized carbons (Fsp3) is 0.833. The van der Waals surface area contributed by atoms with E-state index in [1.807, 2.05) is 0 Å². The zero-order valence-corrected chi connectivity index (χ0v) is 18.8. The molecule has 0 fully saturated rings. The van der Waals surface area contributed by atoms with Crippen LogP contribution in [0.25, 0.3) is 0 Å². The quantitative estimate of drug-likeness (QED) is 0.570. The van der Waals surface area contributed by atoms with Crippen molar-refractivity contribution >= 4 is 22.4 Å². The lowest BCUT2D eigenvalue weighted by atomic mass is 10.1. The number of hydrogen-bond acceptors (Lipinski definition) is 4. The lowest BCUT2D eigenvalue weighted by Gasteiger charge is -2.40. The number of carbonyl (C=O) groups is 1. The average molecular weight is 373 g/mol. The van der Waals surface area contributed by atoms with Gasteiger partial charge in [0.1, 0.15) is 6.10 Å². The Hall–Kier alpha value is -0.436. The van der Waals surface area contributed by atoms with Crippen LogP contribution >= 0.6 is 0 Å². The van der Waals surface area contributed by atoms with Crippen LogP contribution in [0.5, 0.6) is 0 Å². The highest BCUT2D eigenvalue weighted by atomic mass is 28.4. The van der Waals surface area contributed by atoms with E-state index in [0.717, 1.165) is 18.1 Å². The Balaban J connectivity index is 2.88. The summed E-state index contributed by atoms with van der Waals surface area (Å²) in [5.41, 5.74) is 0. The Morgan fingerprint density at radius 2 is 1.67 bits per heavy atom. The lowest BCUT2D eigenvalue weighted by Crippen LogP contribution is -2.52. The van der Waals surface area contributed by atoms with Crippen LogP contribution in [0.15, 0.2) is 12.3 Å². The zero-order valence-electron chi connectivity index (χ0n) is 16.8. The van der Waals surface area contributed by atoms with Gasteiger partial charge in [-0.15, -0.1) is 0 Å². The van der Waals surface area contributed by atoms with Crippen LogP contribution in [0.4, 0.5) is 0 Å². The van der Waals surface area contributed by atoms with Crippen molar-refractivity contribution in [2.45, 2.75) is 90.0 Å². The number of hydrogen-bond donors (Lipinski definition) is 0. The van der Waals surface area contributed by atoms with Gasteiger partial charge in [0.2, 0.25) is 0 Å². The van der Waals surface area contributed by atoms with Crippen LogP contribution in [0, 0.1) is 0 Å². The maximum atomic E-state index is 12.4. The Morgan fingerprint density at radius 3 is 2.12 bits per heavy atom. The van der Waals surface area contributed by atoms with Gasteiger partial charge in [-0.3, -0.25) is 4.79 Å².